The van der Waals surface area contributed by atoms with Crippen LogP contribution < -0.4 is 10.8 Å². The third-order valence-electron chi connectivity index (χ3n) is 4.50. The molecule has 10 heteroatoms. The molecule has 33 heavy (non-hydrogen) atoms. The number of ether oxygens (including phenoxy) is 2. The lowest BCUT2D eigenvalue weighted by atomic mass is 9.99. The lowest BCUT2D eigenvalue weighted by molar-refractivity contribution is -0.124. The lowest BCUT2D eigenvalue weighted by Crippen LogP contribution is -2.35. The molecule has 0 unspecified atom stereocenters. The van der Waals surface area contributed by atoms with Gasteiger partial charge < -0.3 is 14.6 Å². The minimum atomic E-state index is -1.14. The van der Waals surface area contributed by atoms with E-state index in [2.05, 4.69) is 5.32 Å². The first-order valence-electron chi connectivity index (χ1n) is 10.1. The number of benzene rings is 2. The quantitative estimate of drug-likeness (QED) is 0.243. The Balaban J connectivity index is 2.22. The number of allylic oxidation sites excluding steroid dienone is 1. The molecule has 2 atom stereocenters. The number of nitrogens with one attached hydrogen (secondary N) is 2. The van der Waals surface area contributed by atoms with Gasteiger partial charge in [0.2, 0.25) is 0 Å². The summed E-state index contributed by atoms with van der Waals surface area (Å²) in [6, 6.07) is 11.5. The maximum atomic E-state index is 14.0. The van der Waals surface area contributed by atoms with E-state index in [-0.39, 0.29) is 24.2 Å². The Morgan fingerprint density at radius 3 is 2.52 bits per heavy atom. The summed E-state index contributed by atoms with van der Waals surface area (Å²) in [5.74, 6) is -2.89. The van der Waals surface area contributed by atoms with E-state index in [4.69, 9.17) is 14.7 Å². The zero-order valence-electron chi connectivity index (χ0n) is 17.9. The molecule has 0 aliphatic rings. The summed E-state index contributed by atoms with van der Waals surface area (Å²) in [6.45, 7) is 1.95. The van der Waals surface area contributed by atoms with Crippen LogP contribution in [0.15, 0.2) is 60.7 Å². The average Bonchev–Trinajstić information content (AvgIpc) is 2.81. The first-order valence-corrected chi connectivity index (χ1v) is 10.1. The van der Waals surface area contributed by atoms with E-state index in [9.17, 15) is 23.9 Å². The van der Waals surface area contributed by atoms with Gasteiger partial charge in [0, 0.05) is 18.2 Å². The number of carbonyl (C=O) groups is 3. The van der Waals surface area contributed by atoms with Gasteiger partial charge in [0.05, 0.1) is 6.10 Å². The highest BCUT2D eigenvalue weighted by Gasteiger charge is 2.29. The molecule has 0 bridgehead atoms. The zero-order valence-corrected chi connectivity index (χ0v) is 17.9. The van der Waals surface area contributed by atoms with Gasteiger partial charge in [-0.25, -0.2) is 14.7 Å². The van der Waals surface area contributed by atoms with Gasteiger partial charge in [-0.05, 0) is 49.6 Å². The van der Waals surface area contributed by atoms with Gasteiger partial charge in [0.1, 0.15) is 0 Å². The van der Waals surface area contributed by atoms with Crippen LogP contribution in [0.1, 0.15) is 41.8 Å². The summed E-state index contributed by atoms with van der Waals surface area (Å²) in [5.41, 5.74) is 1.91. The number of phenols is 1. The van der Waals surface area contributed by atoms with Crippen molar-refractivity contribution in [3.63, 3.8) is 0 Å². The number of amides is 3. The predicted octanol–water partition coefficient (Wildman–Crippen LogP) is 3.39. The number of imide groups is 1. The summed E-state index contributed by atoms with van der Waals surface area (Å²) in [6.07, 6.45) is 0.151. The Kier molecular flexibility index (Phi) is 10.00. The molecule has 0 aromatic heterocycles. The maximum Gasteiger partial charge on any atom is 0.414 e. The van der Waals surface area contributed by atoms with Crippen molar-refractivity contribution >= 4 is 17.9 Å². The second kappa shape index (κ2) is 12.9. The zero-order chi connectivity index (χ0) is 24.2. The molecule has 2 aromatic carbocycles. The first kappa shape index (κ1) is 25.5. The summed E-state index contributed by atoms with van der Waals surface area (Å²) >= 11 is 0. The molecule has 176 valence electrons. The molecule has 0 radical (unpaired) electrons. The number of halogens is 1. The maximum absolute atomic E-state index is 14.0. The van der Waals surface area contributed by atoms with E-state index < -0.39 is 41.7 Å². The van der Waals surface area contributed by atoms with E-state index >= 15 is 0 Å². The highest BCUT2D eigenvalue weighted by atomic mass is 19.1. The van der Waals surface area contributed by atoms with Crippen LogP contribution in [0.3, 0.4) is 0 Å². The third-order valence-corrected chi connectivity index (χ3v) is 4.50. The van der Waals surface area contributed by atoms with Crippen molar-refractivity contribution in [1.29, 1.82) is 0 Å². The number of rotatable bonds is 10. The highest BCUT2D eigenvalue weighted by molar-refractivity contribution is 6.02. The van der Waals surface area contributed by atoms with Crippen LogP contribution in [-0.4, -0.2) is 40.9 Å². The normalized spacial score (nSPS) is 12.7. The molecule has 3 amide bonds. The number of alkyl carbamates (subject to hydrolysis) is 1. The molecule has 4 N–H and O–H groups in total. The van der Waals surface area contributed by atoms with Crippen LogP contribution in [0.4, 0.5) is 9.18 Å². The van der Waals surface area contributed by atoms with Crippen LogP contribution in [0, 0.1) is 5.82 Å². The number of aromatic hydroxyl groups is 1. The monoisotopic (exact) mass is 460 g/mol. The van der Waals surface area contributed by atoms with Crippen LogP contribution in [0.5, 0.6) is 5.75 Å². The van der Waals surface area contributed by atoms with E-state index in [1.54, 1.807) is 25.1 Å². The molecule has 0 saturated heterocycles. The van der Waals surface area contributed by atoms with Crippen molar-refractivity contribution in [1.82, 2.24) is 10.8 Å². The van der Waals surface area contributed by atoms with Crippen molar-refractivity contribution < 1.29 is 38.6 Å². The van der Waals surface area contributed by atoms with Gasteiger partial charge >= 0.3 is 6.09 Å². The second-order valence-electron chi connectivity index (χ2n) is 6.81. The summed E-state index contributed by atoms with van der Waals surface area (Å²) in [4.78, 5) is 35.9. The molecule has 0 aliphatic heterocycles. The fourth-order valence-corrected chi connectivity index (χ4v) is 2.98. The molecule has 9 nitrogen and oxygen atoms in total. The van der Waals surface area contributed by atoms with Gasteiger partial charge in [-0.15, -0.1) is 0 Å². The van der Waals surface area contributed by atoms with Crippen LogP contribution >= 0.6 is 0 Å². The van der Waals surface area contributed by atoms with Crippen LogP contribution in [0.2, 0.25) is 0 Å². The molecule has 0 heterocycles. The number of hydrogen-bond acceptors (Lipinski definition) is 7. The van der Waals surface area contributed by atoms with E-state index in [1.165, 1.54) is 29.8 Å². The largest absolute Gasteiger partial charge is 0.505 e. The number of hydroxylamine groups is 1. The highest BCUT2D eigenvalue weighted by Crippen LogP contribution is 2.30. The molecule has 2 rings (SSSR count). The smallest absolute Gasteiger partial charge is 0.414 e. The van der Waals surface area contributed by atoms with Crippen molar-refractivity contribution in [3.05, 3.63) is 77.6 Å². The average molecular weight is 460 g/mol. The van der Waals surface area contributed by atoms with E-state index in [0.29, 0.717) is 6.42 Å². The molecule has 0 spiro atoms. The SMILES string of the molecule is CCO[C@@H](CC/C=C/C(=O)NO)[C@@H](OC(=O)NC(=O)c1ccccc1)c1ccc(O)c(F)c1. The van der Waals surface area contributed by atoms with E-state index in [0.717, 1.165) is 18.2 Å². The molecule has 0 aliphatic carbocycles. The fraction of sp³-hybridized carbons (Fsp3) is 0.261. The summed E-state index contributed by atoms with van der Waals surface area (Å²) in [7, 11) is 0. The van der Waals surface area contributed by atoms with Gasteiger partial charge in [0.25, 0.3) is 11.8 Å². The van der Waals surface area contributed by atoms with Crippen molar-refractivity contribution in [2.24, 2.45) is 0 Å². The number of hydrogen-bond donors (Lipinski definition) is 4. The minimum absolute atomic E-state index is 0.197. The summed E-state index contributed by atoms with van der Waals surface area (Å²) in [5, 5.41) is 20.2. The Labute approximate surface area is 189 Å². The Bertz CT molecular complexity index is 982. The number of phenolic OH excluding ortho intramolecular Hbond substituents is 1. The lowest BCUT2D eigenvalue weighted by Gasteiger charge is -2.27. The number of carbonyl (C=O) groups excluding carboxylic acids is 3. The van der Waals surface area contributed by atoms with Crippen LogP contribution in [-0.2, 0) is 14.3 Å². The van der Waals surface area contributed by atoms with Gasteiger partial charge in [-0.3, -0.25) is 20.1 Å². The van der Waals surface area contributed by atoms with Crippen molar-refractivity contribution in [2.75, 3.05) is 6.61 Å². The first-order chi connectivity index (χ1) is 15.8. The molecule has 0 fully saturated rings. The Morgan fingerprint density at radius 1 is 1.15 bits per heavy atom. The van der Waals surface area contributed by atoms with Crippen LogP contribution in [0.25, 0.3) is 0 Å². The van der Waals surface area contributed by atoms with Crippen molar-refractivity contribution in [3.8, 4) is 5.75 Å². The van der Waals surface area contributed by atoms with Crippen molar-refractivity contribution in [2.45, 2.75) is 32.0 Å². The topological polar surface area (TPSA) is 134 Å². The van der Waals surface area contributed by atoms with Gasteiger partial charge in [-0.1, -0.05) is 30.3 Å². The Morgan fingerprint density at radius 2 is 1.88 bits per heavy atom. The minimum Gasteiger partial charge on any atom is -0.505 e. The third kappa shape index (κ3) is 8.02. The molecule has 2 aromatic rings. The predicted molar refractivity (Wildman–Crippen MR) is 115 cm³/mol. The Hall–Kier alpha value is -3.76. The van der Waals surface area contributed by atoms with Gasteiger partial charge in [0.15, 0.2) is 17.7 Å². The fourth-order valence-electron chi connectivity index (χ4n) is 2.98. The molecule has 0 saturated carbocycles. The van der Waals surface area contributed by atoms with E-state index in [1.807, 2.05) is 0 Å². The second-order valence-corrected chi connectivity index (χ2v) is 6.81. The molecular formula is C23H25FN2O7. The standard InChI is InChI=1S/C23H25FN2O7/c1-2-32-19(10-6-7-11-20(28)26-31)21(16-12-13-18(27)17(24)14-16)33-23(30)25-22(29)15-8-4-3-5-9-15/h3-5,7-9,11-14,19,21,27,31H,2,6,10H2,1H3,(H,26,28)(H,25,29,30)/b11-7+/t19-,21-/m0/s1. The molecular weight excluding hydrogens is 435 g/mol. The van der Waals surface area contributed by atoms with Gasteiger partial charge in [-0.2, -0.15) is 0 Å². The summed E-state index contributed by atoms with van der Waals surface area (Å²) < 4.78 is 25.2.